The number of carbonyl (C=O) groups is 9. The van der Waals surface area contributed by atoms with E-state index >= 15 is 0 Å². The number of hydrogen-bond donors (Lipinski definition) is 0. The monoisotopic (exact) mass is 624 g/mol. The molecule has 40 heavy (non-hydrogen) atoms. The zero-order valence-electron chi connectivity index (χ0n) is 24.1. The van der Waals surface area contributed by atoms with Crippen molar-refractivity contribution in [2.24, 2.45) is 17.8 Å². The van der Waals surface area contributed by atoms with Gasteiger partial charge in [-0.2, -0.15) is 0 Å². The molecule has 0 saturated heterocycles. The van der Waals surface area contributed by atoms with Crippen molar-refractivity contribution >= 4 is 69.9 Å². The molecule has 0 bridgehead atoms. The molecule has 0 radical (unpaired) electrons. The fourth-order valence-corrected chi connectivity index (χ4v) is 5.85. The number of unbranched alkanes of at least 4 members (excludes halogenated alkanes) is 3. The first-order valence-corrected chi connectivity index (χ1v) is 16.5. The Balaban J connectivity index is 6.04. The van der Waals surface area contributed by atoms with Gasteiger partial charge in [0.2, 0.25) is 0 Å². The van der Waals surface area contributed by atoms with Gasteiger partial charge in [-0.15, -0.1) is 0 Å². The summed E-state index contributed by atoms with van der Waals surface area (Å²) in [6, 6.07) is 0. The summed E-state index contributed by atoms with van der Waals surface area (Å²) in [5.74, 6) is -14.6. The van der Waals surface area contributed by atoms with Gasteiger partial charge in [-0.05, 0) is 0 Å². The number of carbonyl (C=O) groups excluding carboxylic acids is 9. The van der Waals surface area contributed by atoms with E-state index in [0.717, 1.165) is 20.8 Å². The van der Waals surface area contributed by atoms with Crippen molar-refractivity contribution in [3.8, 4) is 0 Å². The van der Waals surface area contributed by atoms with E-state index in [-0.39, 0.29) is 19.3 Å². The SMILES string of the molecule is CCCCC(C(C)=O)C(=O)C(=O)[O][Ga]([O]C(=O)C(=O)C(CCCC)C(C)=O)[O]C(=O)C(=O)C(CCCC)C(C)=O. The standard InChI is InChI=1S/3C9H14O4.Ga/c3*1-3-4-5-7(6(2)10)8(11)9(12)13;/h3*7H,3-5H2,1-2H3,(H,12,13);/q;;;+3/p-3. The van der Waals surface area contributed by atoms with Crippen molar-refractivity contribution in [2.45, 2.75) is 99.3 Å². The third kappa shape index (κ3) is 12.5. The van der Waals surface area contributed by atoms with E-state index < -0.39 is 87.7 Å². The summed E-state index contributed by atoms with van der Waals surface area (Å²) in [6.07, 6.45) is 3.32. The molecular weight excluding hydrogens is 586 g/mol. The second-order valence-corrected chi connectivity index (χ2v) is 12.2. The Kier molecular flexibility index (Phi) is 17.8. The van der Waals surface area contributed by atoms with Gasteiger partial charge in [-0.1, -0.05) is 0 Å². The van der Waals surface area contributed by atoms with Crippen molar-refractivity contribution in [1.82, 2.24) is 0 Å². The molecule has 0 aliphatic rings. The number of hydrogen-bond acceptors (Lipinski definition) is 12. The average Bonchev–Trinajstić information content (AvgIpc) is 2.88. The predicted molar refractivity (Wildman–Crippen MR) is 140 cm³/mol. The Morgan fingerprint density at radius 3 is 0.875 bits per heavy atom. The van der Waals surface area contributed by atoms with Gasteiger partial charge in [0.15, 0.2) is 0 Å². The Labute approximate surface area is 240 Å². The van der Waals surface area contributed by atoms with Gasteiger partial charge in [0.25, 0.3) is 0 Å². The van der Waals surface area contributed by atoms with Crippen LogP contribution < -0.4 is 0 Å². The molecule has 3 atom stereocenters. The van der Waals surface area contributed by atoms with E-state index in [4.69, 9.17) is 10.6 Å². The summed E-state index contributed by atoms with van der Waals surface area (Å²) in [7, 11) is 0. The van der Waals surface area contributed by atoms with E-state index in [0.29, 0.717) is 38.5 Å². The normalized spacial score (nSPS) is 12.8. The van der Waals surface area contributed by atoms with Crippen LogP contribution in [0.5, 0.6) is 0 Å². The van der Waals surface area contributed by atoms with Crippen LogP contribution in [0.15, 0.2) is 0 Å². The van der Waals surface area contributed by atoms with Gasteiger partial charge in [0.1, 0.15) is 0 Å². The molecule has 222 valence electrons. The van der Waals surface area contributed by atoms with Crippen molar-refractivity contribution in [1.29, 1.82) is 0 Å². The molecule has 0 saturated carbocycles. The Morgan fingerprint density at radius 1 is 0.475 bits per heavy atom. The molecule has 0 rings (SSSR count). The van der Waals surface area contributed by atoms with E-state index in [9.17, 15) is 43.2 Å². The Bertz CT molecular complexity index is 862. The van der Waals surface area contributed by atoms with Crippen LogP contribution in [0.25, 0.3) is 0 Å². The Morgan fingerprint density at radius 2 is 0.700 bits per heavy atom. The van der Waals surface area contributed by atoms with Crippen LogP contribution in [0, 0.1) is 17.8 Å². The van der Waals surface area contributed by atoms with Gasteiger partial charge in [0.05, 0.1) is 0 Å². The first kappa shape index (κ1) is 37.1. The predicted octanol–water partition coefficient (Wildman–Crippen LogP) is 2.49. The number of ketones is 6. The molecule has 0 aromatic carbocycles. The van der Waals surface area contributed by atoms with Crippen LogP contribution in [0.2, 0.25) is 0 Å². The minimum atomic E-state index is -5.03. The van der Waals surface area contributed by atoms with E-state index in [1.807, 2.05) is 20.8 Å². The summed E-state index contributed by atoms with van der Waals surface area (Å²) in [6.45, 7) is 8.75. The molecule has 0 aromatic heterocycles. The first-order chi connectivity index (χ1) is 18.7. The van der Waals surface area contributed by atoms with Crippen LogP contribution in [0.3, 0.4) is 0 Å². The van der Waals surface area contributed by atoms with Crippen LogP contribution >= 0.6 is 0 Å². The molecule has 0 spiro atoms. The second-order valence-electron chi connectivity index (χ2n) is 9.51. The zero-order chi connectivity index (χ0) is 31.0. The van der Waals surface area contributed by atoms with Gasteiger partial charge in [0, 0.05) is 0 Å². The fourth-order valence-electron chi connectivity index (χ4n) is 3.72. The van der Waals surface area contributed by atoms with Gasteiger partial charge < -0.3 is 0 Å². The maximum atomic E-state index is 12.6. The maximum absolute atomic E-state index is 12.6. The Hall–Kier alpha value is -2.93. The molecule has 0 aliphatic heterocycles. The topological polar surface area (TPSA) is 181 Å². The quantitative estimate of drug-likeness (QED) is 0.103. The first-order valence-electron chi connectivity index (χ1n) is 13.5. The van der Waals surface area contributed by atoms with Gasteiger partial charge in [-0.3, -0.25) is 0 Å². The molecular formula is C27H39GaO12. The molecule has 0 fully saturated rings. The number of rotatable bonds is 21. The fraction of sp³-hybridized carbons (Fsp3) is 0.667. The van der Waals surface area contributed by atoms with Crippen molar-refractivity contribution in [3.63, 3.8) is 0 Å². The molecule has 12 nitrogen and oxygen atoms in total. The van der Waals surface area contributed by atoms with Crippen molar-refractivity contribution < 1.29 is 53.7 Å². The van der Waals surface area contributed by atoms with Crippen molar-refractivity contribution in [3.05, 3.63) is 0 Å². The summed E-state index contributed by atoms with van der Waals surface area (Å²) < 4.78 is 14.7. The van der Waals surface area contributed by atoms with Crippen molar-refractivity contribution in [2.75, 3.05) is 0 Å². The minimum absolute atomic E-state index is 0.0451. The average molecular weight is 625 g/mol. The third-order valence-corrected chi connectivity index (χ3v) is 8.73. The van der Waals surface area contributed by atoms with Crippen LogP contribution in [-0.2, 0) is 53.7 Å². The van der Waals surface area contributed by atoms with E-state index in [1.54, 1.807) is 0 Å². The van der Waals surface area contributed by atoms with Crippen LogP contribution in [0.1, 0.15) is 99.3 Å². The third-order valence-electron chi connectivity index (χ3n) is 6.17. The summed E-state index contributed by atoms with van der Waals surface area (Å²) in [4.78, 5) is 111. The number of Topliss-reactive ketones (excluding diaryl/α,β-unsaturated/α-hetero) is 6. The zero-order valence-corrected chi connectivity index (χ0v) is 26.5. The summed E-state index contributed by atoms with van der Waals surface area (Å²) >= 11 is -5.03. The molecule has 13 heteroatoms. The molecule has 0 N–H and O–H groups in total. The molecule has 3 unspecified atom stereocenters. The van der Waals surface area contributed by atoms with E-state index in [1.165, 1.54) is 0 Å². The molecule has 0 aromatic rings. The second kappa shape index (κ2) is 19.2. The molecule has 0 amide bonds. The summed E-state index contributed by atoms with van der Waals surface area (Å²) in [5, 5.41) is 0. The summed E-state index contributed by atoms with van der Waals surface area (Å²) in [5.41, 5.74) is 0. The van der Waals surface area contributed by atoms with Crippen LogP contribution in [-0.4, -0.2) is 69.9 Å². The molecule has 0 aliphatic carbocycles. The van der Waals surface area contributed by atoms with Gasteiger partial charge >= 0.3 is 241 Å². The van der Waals surface area contributed by atoms with Crippen LogP contribution in [0.4, 0.5) is 0 Å². The van der Waals surface area contributed by atoms with Gasteiger partial charge in [-0.25, -0.2) is 0 Å². The molecule has 0 heterocycles. The van der Waals surface area contributed by atoms with E-state index in [2.05, 4.69) is 0 Å².